The van der Waals surface area contributed by atoms with Gasteiger partial charge >= 0.3 is 0 Å². The van der Waals surface area contributed by atoms with Gasteiger partial charge in [-0.3, -0.25) is 14.6 Å². The highest BCUT2D eigenvalue weighted by molar-refractivity contribution is 7.09. The first kappa shape index (κ1) is 18.9. The summed E-state index contributed by atoms with van der Waals surface area (Å²) < 4.78 is 13.6. The van der Waals surface area contributed by atoms with E-state index in [1.165, 1.54) is 6.07 Å². The maximum absolute atomic E-state index is 13.6. The number of piperazine rings is 1. The summed E-state index contributed by atoms with van der Waals surface area (Å²) in [7, 11) is 0. The van der Waals surface area contributed by atoms with Crippen LogP contribution in [0.5, 0.6) is 0 Å². The molecule has 1 N–H and O–H groups in total. The molecule has 3 rings (SSSR count). The lowest BCUT2D eigenvalue weighted by atomic mass is 10.2. The Morgan fingerprint density at radius 3 is 2.65 bits per heavy atom. The number of rotatable bonds is 5. The van der Waals surface area contributed by atoms with E-state index in [1.807, 2.05) is 13.8 Å². The average molecular weight is 377 g/mol. The van der Waals surface area contributed by atoms with Crippen molar-refractivity contribution in [2.24, 2.45) is 0 Å². The van der Waals surface area contributed by atoms with Crippen LogP contribution in [0.15, 0.2) is 23.6 Å². The second kappa shape index (κ2) is 8.24. The van der Waals surface area contributed by atoms with E-state index in [0.29, 0.717) is 11.3 Å². The van der Waals surface area contributed by atoms with Crippen LogP contribution in [0.3, 0.4) is 0 Å². The van der Waals surface area contributed by atoms with E-state index in [9.17, 15) is 9.18 Å². The SMILES string of the molecule is Cc1nc(CN2CCN([C@H](C)C(=O)Nc3ccc(C)c(F)c3)CC2)cs1. The number of hydrogen-bond donors (Lipinski definition) is 1. The van der Waals surface area contributed by atoms with Gasteiger partial charge in [0, 0.05) is 43.8 Å². The fraction of sp³-hybridized carbons (Fsp3) is 0.474. The Labute approximate surface area is 157 Å². The minimum absolute atomic E-state index is 0.100. The number of halogens is 1. The first-order valence-corrected chi connectivity index (χ1v) is 9.75. The number of amides is 1. The zero-order valence-electron chi connectivity index (χ0n) is 15.5. The smallest absolute Gasteiger partial charge is 0.241 e. The van der Waals surface area contributed by atoms with Gasteiger partial charge in [-0.1, -0.05) is 6.07 Å². The molecule has 1 aromatic carbocycles. The molecular weight excluding hydrogens is 351 g/mol. The van der Waals surface area contributed by atoms with Gasteiger partial charge in [0.2, 0.25) is 5.91 Å². The summed E-state index contributed by atoms with van der Waals surface area (Å²) in [5.41, 5.74) is 2.19. The summed E-state index contributed by atoms with van der Waals surface area (Å²) in [6, 6.07) is 4.53. The number of benzene rings is 1. The van der Waals surface area contributed by atoms with Crippen LogP contribution in [0.25, 0.3) is 0 Å². The van der Waals surface area contributed by atoms with E-state index in [0.717, 1.165) is 43.4 Å². The van der Waals surface area contributed by atoms with E-state index >= 15 is 0 Å². The van der Waals surface area contributed by atoms with Crippen LogP contribution >= 0.6 is 11.3 Å². The Morgan fingerprint density at radius 2 is 2.04 bits per heavy atom. The number of hydrogen-bond acceptors (Lipinski definition) is 5. The van der Waals surface area contributed by atoms with E-state index in [1.54, 1.807) is 30.4 Å². The fourth-order valence-corrected chi connectivity index (χ4v) is 3.71. The van der Waals surface area contributed by atoms with Crippen molar-refractivity contribution in [3.05, 3.63) is 45.7 Å². The molecule has 1 amide bonds. The molecule has 140 valence electrons. The number of aromatic nitrogens is 1. The van der Waals surface area contributed by atoms with Gasteiger partial charge in [0.15, 0.2) is 0 Å². The number of anilines is 1. The normalized spacial score (nSPS) is 17.2. The van der Waals surface area contributed by atoms with Crippen molar-refractivity contribution in [1.29, 1.82) is 0 Å². The third kappa shape index (κ3) is 4.66. The third-order valence-corrected chi connectivity index (χ3v) is 5.65. The van der Waals surface area contributed by atoms with Gasteiger partial charge in [-0.15, -0.1) is 11.3 Å². The molecule has 0 radical (unpaired) electrons. The van der Waals surface area contributed by atoms with Crippen LogP contribution in [0, 0.1) is 19.7 Å². The van der Waals surface area contributed by atoms with Crippen molar-refractivity contribution in [2.45, 2.75) is 33.4 Å². The molecule has 26 heavy (non-hydrogen) atoms. The van der Waals surface area contributed by atoms with Gasteiger partial charge < -0.3 is 5.32 Å². The molecule has 7 heteroatoms. The predicted molar refractivity (Wildman–Crippen MR) is 103 cm³/mol. The molecule has 1 saturated heterocycles. The monoisotopic (exact) mass is 376 g/mol. The highest BCUT2D eigenvalue weighted by Gasteiger charge is 2.26. The Balaban J connectivity index is 1.50. The maximum Gasteiger partial charge on any atom is 0.241 e. The van der Waals surface area contributed by atoms with Crippen LogP contribution in [0.2, 0.25) is 0 Å². The molecule has 0 unspecified atom stereocenters. The molecular formula is C19H25FN4OS. The van der Waals surface area contributed by atoms with Gasteiger partial charge in [-0.2, -0.15) is 0 Å². The Morgan fingerprint density at radius 1 is 1.31 bits per heavy atom. The van der Waals surface area contributed by atoms with Crippen molar-refractivity contribution in [3.8, 4) is 0 Å². The lowest BCUT2D eigenvalue weighted by Gasteiger charge is -2.37. The summed E-state index contributed by atoms with van der Waals surface area (Å²) in [6.45, 7) is 9.98. The Kier molecular flexibility index (Phi) is 6.01. The molecule has 1 aliphatic heterocycles. The third-order valence-electron chi connectivity index (χ3n) is 4.83. The van der Waals surface area contributed by atoms with Crippen LogP contribution in [0.1, 0.15) is 23.2 Å². The van der Waals surface area contributed by atoms with Gasteiger partial charge in [-0.05, 0) is 38.5 Å². The Bertz CT molecular complexity index is 771. The Hall–Kier alpha value is -1.83. The van der Waals surface area contributed by atoms with E-state index < -0.39 is 0 Å². The first-order valence-electron chi connectivity index (χ1n) is 8.87. The standard InChI is InChI=1S/C19H25FN4OS/c1-13-4-5-16(10-18(13)20)22-19(25)14(2)24-8-6-23(7-9-24)11-17-12-26-15(3)21-17/h4-5,10,12,14H,6-9,11H2,1-3H3,(H,22,25)/t14-/m1/s1. The highest BCUT2D eigenvalue weighted by Crippen LogP contribution is 2.16. The summed E-state index contributed by atoms with van der Waals surface area (Å²) in [4.78, 5) is 21.5. The predicted octanol–water partition coefficient (Wildman–Crippen LogP) is 3.04. The number of thiazole rings is 1. The van der Waals surface area contributed by atoms with Crippen LogP contribution in [-0.2, 0) is 11.3 Å². The molecule has 1 fully saturated rings. The van der Waals surface area contributed by atoms with Gasteiger partial charge in [0.25, 0.3) is 0 Å². The molecule has 0 bridgehead atoms. The first-order chi connectivity index (χ1) is 12.4. The fourth-order valence-electron chi connectivity index (χ4n) is 3.10. The summed E-state index contributed by atoms with van der Waals surface area (Å²) >= 11 is 1.68. The zero-order chi connectivity index (χ0) is 18.7. The second-order valence-electron chi connectivity index (χ2n) is 6.80. The van der Waals surface area contributed by atoms with Crippen molar-refractivity contribution in [1.82, 2.24) is 14.8 Å². The minimum Gasteiger partial charge on any atom is -0.325 e. The molecule has 1 aliphatic rings. The van der Waals surface area contributed by atoms with Crippen molar-refractivity contribution >= 4 is 22.9 Å². The van der Waals surface area contributed by atoms with Crippen molar-refractivity contribution in [3.63, 3.8) is 0 Å². The summed E-state index contributed by atoms with van der Waals surface area (Å²) in [5.74, 6) is -0.404. The molecule has 1 aromatic heterocycles. The van der Waals surface area contributed by atoms with E-state index in [4.69, 9.17) is 0 Å². The van der Waals surface area contributed by atoms with Crippen LogP contribution < -0.4 is 5.32 Å². The van der Waals surface area contributed by atoms with Gasteiger partial charge in [0.1, 0.15) is 5.82 Å². The minimum atomic E-state index is -0.304. The zero-order valence-corrected chi connectivity index (χ0v) is 16.3. The number of nitrogens with one attached hydrogen (secondary N) is 1. The number of aryl methyl sites for hydroxylation is 2. The number of carbonyl (C=O) groups is 1. The number of carbonyl (C=O) groups excluding carboxylic acids is 1. The average Bonchev–Trinajstić information content (AvgIpc) is 3.03. The largest absolute Gasteiger partial charge is 0.325 e. The molecule has 2 aromatic rings. The van der Waals surface area contributed by atoms with Crippen LogP contribution in [0.4, 0.5) is 10.1 Å². The quantitative estimate of drug-likeness (QED) is 0.871. The lowest BCUT2D eigenvalue weighted by Crippen LogP contribution is -2.52. The van der Waals surface area contributed by atoms with Crippen molar-refractivity contribution < 1.29 is 9.18 Å². The van der Waals surface area contributed by atoms with Crippen molar-refractivity contribution in [2.75, 3.05) is 31.5 Å². The summed E-state index contributed by atoms with van der Waals surface area (Å²) in [5, 5.41) is 6.02. The molecule has 2 heterocycles. The van der Waals surface area contributed by atoms with E-state index in [2.05, 4.69) is 25.5 Å². The van der Waals surface area contributed by atoms with Crippen LogP contribution in [-0.4, -0.2) is 52.9 Å². The van der Waals surface area contributed by atoms with Gasteiger partial charge in [-0.25, -0.2) is 9.37 Å². The molecule has 0 saturated carbocycles. The lowest BCUT2D eigenvalue weighted by molar-refractivity contribution is -0.121. The molecule has 0 spiro atoms. The summed E-state index contributed by atoms with van der Waals surface area (Å²) in [6.07, 6.45) is 0. The topological polar surface area (TPSA) is 48.5 Å². The maximum atomic E-state index is 13.6. The molecule has 5 nitrogen and oxygen atoms in total. The van der Waals surface area contributed by atoms with Gasteiger partial charge in [0.05, 0.1) is 16.7 Å². The van der Waals surface area contributed by atoms with E-state index in [-0.39, 0.29) is 17.8 Å². The molecule has 0 aliphatic carbocycles. The highest BCUT2D eigenvalue weighted by atomic mass is 32.1. The molecule has 1 atom stereocenters. The second-order valence-corrected chi connectivity index (χ2v) is 7.86. The number of nitrogens with zero attached hydrogens (tertiary/aromatic N) is 3.